The van der Waals surface area contributed by atoms with Gasteiger partial charge < -0.3 is 9.94 Å². The fraction of sp³-hybridized carbons (Fsp3) is 0.857. The van der Waals surface area contributed by atoms with Crippen molar-refractivity contribution in [2.75, 3.05) is 13.7 Å². The molecule has 0 aromatic rings. The van der Waals surface area contributed by atoms with E-state index >= 15 is 0 Å². The van der Waals surface area contributed by atoms with Crippen molar-refractivity contribution in [3.63, 3.8) is 0 Å². The standard InChI is InChI=1S/C14H24N2O2/c1-18-16-14-9-8-12(11-15)13(14)7-5-3-2-4-6-10-17/h12-13,17H,2-10H2,1H3. The lowest BCUT2D eigenvalue weighted by Gasteiger charge is -2.13. The fourth-order valence-corrected chi connectivity index (χ4v) is 2.68. The molecule has 4 nitrogen and oxygen atoms in total. The van der Waals surface area contributed by atoms with E-state index in [2.05, 4.69) is 11.2 Å². The highest BCUT2D eigenvalue weighted by Crippen LogP contribution is 2.33. The third-order valence-corrected chi connectivity index (χ3v) is 3.67. The number of nitrogens with zero attached hydrogens (tertiary/aromatic N) is 2. The number of rotatable bonds is 8. The Morgan fingerprint density at radius 2 is 2.06 bits per heavy atom. The molecule has 1 N–H and O–H groups in total. The Kier molecular flexibility index (Phi) is 7.43. The summed E-state index contributed by atoms with van der Waals surface area (Å²) in [6, 6.07) is 2.39. The minimum absolute atomic E-state index is 0.122. The molecule has 1 aliphatic rings. The maximum absolute atomic E-state index is 9.12. The van der Waals surface area contributed by atoms with Gasteiger partial charge in [-0.3, -0.25) is 0 Å². The molecule has 102 valence electrons. The lowest BCUT2D eigenvalue weighted by atomic mass is 9.90. The zero-order valence-electron chi connectivity index (χ0n) is 11.3. The number of aliphatic hydroxyl groups excluding tert-OH is 1. The van der Waals surface area contributed by atoms with Crippen LogP contribution in [0.3, 0.4) is 0 Å². The molecule has 1 aliphatic carbocycles. The first-order valence-electron chi connectivity index (χ1n) is 6.93. The Morgan fingerprint density at radius 3 is 2.72 bits per heavy atom. The number of hydrogen-bond donors (Lipinski definition) is 1. The van der Waals surface area contributed by atoms with Gasteiger partial charge in [0.1, 0.15) is 7.11 Å². The second kappa shape index (κ2) is 8.93. The molecule has 2 atom stereocenters. The third kappa shape index (κ3) is 4.66. The summed E-state index contributed by atoms with van der Waals surface area (Å²) in [6.45, 7) is 0.295. The molecule has 0 aromatic carbocycles. The van der Waals surface area contributed by atoms with Crippen molar-refractivity contribution in [3.05, 3.63) is 0 Å². The lowest BCUT2D eigenvalue weighted by Crippen LogP contribution is -2.14. The zero-order chi connectivity index (χ0) is 13.2. The minimum atomic E-state index is 0.122. The Labute approximate surface area is 110 Å². The summed E-state index contributed by atoms with van der Waals surface area (Å²) < 4.78 is 0. The van der Waals surface area contributed by atoms with Crippen molar-refractivity contribution in [2.45, 2.75) is 51.4 Å². The van der Waals surface area contributed by atoms with Crippen molar-refractivity contribution in [1.82, 2.24) is 0 Å². The quantitative estimate of drug-likeness (QED) is 0.533. The second-order valence-corrected chi connectivity index (χ2v) is 4.93. The first kappa shape index (κ1) is 15.0. The van der Waals surface area contributed by atoms with Gasteiger partial charge in [0.05, 0.1) is 17.7 Å². The highest BCUT2D eigenvalue weighted by molar-refractivity contribution is 5.88. The molecule has 1 rings (SSSR count). The summed E-state index contributed by atoms with van der Waals surface area (Å²) >= 11 is 0. The summed E-state index contributed by atoms with van der Waals surface area (Å²) in [4.78, 5) is 4.86. The average Bonchev–Trinajstić information content (AvgIpc) is 2.76. The number of nitriles is 1. The van der Waals surface area contributed by atoms with E-state index in [1.807, 2.05) is 0 Å². The van der Waals surface area contributed by atoms with Gasteiger partial charge >= 0.3 is 0 Å². The van der Waals surface area contributed by atoms with Crippen molar-refractivity contribution < 1.29 is 9.94 Å². The van der Waals surface area contributed by atoms with Crippen LogP contribution >= 0.6 is 0 Å². The molecule has 0 aliphatic heterocycles. The molecule has 18 heavy (non-hydrogen) atoms. The van der Waals surface area contributed by atoms with E-state index in [1.54, 1.807) is 7.11 Å². The average molecular weight is 252 g/mol. The first-order chi connectivity index (χ1) is 8.83. The van der Waals surface area contributed by atoms with Crippen LogP contribution in [0, 0.1) is 23.2 Å². The first-order valence-corrected chi connectivity index (χ1v) is 6.93. The summed E-state index contributed by atoms with van der Waals surface area (Å²) in [5.74, 6) is 0.420. The summed E-state index contributed by atoms with van der Waals surface area (Å²) in [5, 5.41) is 21.9. The zero-order valence-corrected chi connectivity index (χ0v) is 11.3. The highest BCUT2D eigenvalue weighted by Gasteiger charge is 2.32. The van der Waals surface area contributed by atoms with Gasteiger partial charge in [0.15, 0.2) is 0 Å². The van der Waals surface area contributed by atoms with E-state index in [0.29, 0.717) is 12.5 Å². The normalized spacial score (nSPS) is 25.3. The van der Waals surface area contributed by atoms with Gasteiger partial charge in [-0.05, 0) is 25.7 Å². The van der Waals surface area contributed by atoms with Crippen molar-refractivity contribution >= 4 is 5.71 Å². The molecule has 0 bridgehead atoms. The van der Waals surface area contributed by atoms with Gasteiger partial charge in [-0.2, -0.15) is 5.26 Å². The molecule has 0 amide bonds. The van der Waals surface area contributed by atoms with E-state index in [1.165, 1.54) is 12.8 Å². The van der Waals surface area contributed by atoms with Crippen molar-refractivity contribution in [1.29, 1.82) is 5.26 Å². The van der Waals surface area contributed by atoms with Crippen molar-refractivity contribution in [3.8, 4) is 6.07 Å². The van der Waals surface area contributed by atoms with Crippen LogP contribution in [0.2, 0.25) is 0 Å². The maximum Gasteiger partial charge on any atom is 0.106 e. The van der Waals surface area contributed by atoms with E-state index in [9.17, 15) is 0 Å². The highest BCUT2D eigenvalue weighted by atomic mass is 16.6. The Morgan fingerprint density at radius 1 is 1.33 bits per heavy atom. The van der Waals surface area contributed by atoms with E-state index in [4.69, 9.17) is 15.2 Å². The van der Waals surface area contributed by atoms with Crippen LogP contribution in [0.15, 0.2) is 5.16 Å². The van der Waals surface area contributed by atoms with Crippen LogP contribution in [0.1, 0.15) is 51.4 Å². The Balaban J connectivity index is 2.29. The molecule has 0 saturated heterocycles. The molecule has 2 unspecified atom stereocenters. The van der Waals surface area contributed by atoms with Crippen LogP contribution < -0.4 is 0 Å². The van der Waals surface area contributed by atoms with E-state index in [-0.39, 0.29) is 5.92 Å². The van der Waals surface area contributed by atoms with Gasteiger partial charge in [-0.25, -0.2) is 0 Å². The minimum Gasteiger partial charge on any atom is -0.399 e. The van der Waals surface area contributed by atoms with Crippen LogP contribution in [0.25, 0.3) is 0 Å². The second-order valence-electron chi connectivity index (χ2n) is 4.93. The molecule has 1 saturated carbocycles. The van der Waals surface area contributed by atoms with E-state index < -0.39 is 0 Å². The Bertz CT molecular complexity index is 297. The monoisotopic (exact) mass is 252 g/mol. The van der Waals surface area contributed by atoms with Crippen LogP contribution in [0.5, 0.6) is 0 Å². The molecule has 0 heterocycles. The van der Waals surface area contributed by atoms with Gasteiger partial charge in [-0.15, -0.1) is 0 Å². The SMILES string of the molecule is CON=C1CCC(C#N)C1CCCCCCCO. The molecular weight excluding hydrogens is 228 g/mol. The predicted octanol–water partition coefficient (Wildman–Crippen LogP) is 2.87. The predicted molar refractivity (Wildman–Crippen MR) is 71.1 cm³/mol. The summed E-state index contributed by atoms with van der Waals surface area (Å²) in [5.41, 5.74) is 1.07. The summed E-state index contributed by atoms with van der Waals surface area (Å²) in [6.07, 6.45) is 8.35. The van der Waals surface area contributed by atoms with Crippen LogP contribution in [0.4, 0.5) is 0 Å². The molecule has 4 heteroatoms. The molecule has 0 radical (unpaired) electrons. The number of oxime groups is 1. The van der Waals surface area contributed by atoms with Gasteiger partial charge in [0, 0.05) is 12.5 Å². The smallest absolute Gasteiger partial charge is 0.106 e. The fourth-order valence-electron chi connectivity index (χ4n) is 2.68. The lowest BCUT2D eigenvalue weighted by molar-refractivity contribution is 0.210. The number of hydrogen-bond acceptors (Lipinski definition) is 4. The largest absolute Gasteiger partial charge is 0.399 e. The topological polar surface area (TPSA) is 65.6 Å². The molecule has 1 fully saturated rings. The molecular formula is C14H24N2O2. The Hall–Kier alpha value is -1.08. The van der Waals surface area contributed by atoms with E-state index in [0.717, 1.165) is 44.2 Å². The molecule has 0 spiro atoms. The summed E-state index contributed by atoms with van der Waals surface area (Å²) in [7, 11) is 1.57. The van der Waals surface area contributed by atoms with Crippen LogP contribution in [-0.4, -0.2) is 24.5 Å². The number of unbranched alkanes of at least 4 members (excludes halogenated alkanes) is 4. The van der Waals surface area contributed by atoms with Gasteiger partial charge in [0.25, 0.3) is 0 Å². The molecule has 0 aromatic heterocycles. The third-order valence-electron chi connectivity index (χ3n) is 3.67. The van der Waals surface area contributed by atoms with Gasteiger partial charge in [-0.1, -0.05) is 30.8 Å². The number of aliphatic hydroxyl groups is 1. The van der Waals surface area contributed by atoms with Crippen molar-refractivity contribution in [2.24, 2.45) is 17.0 Å². The van der Waals surface area contributed by atoms with Gasteiger partial charge in [0.2, 0.25) is 0 Å². The maximum atomic E-state index is 9.12. The van der Waals surface area contributed by atoms with Crippen LogP contribution in [-0.2, 0) is 4.84 Å².